The van der Waals surface area contributed by atoms with Crippen LogP contribution in [0.2, 0.25) is 0 Å². The van der Waals surface area contributed by atoms with Crippen LogP contribution < -0.4 is 5.32 Å². The molecule has 0 saturated heterocycles. The number of thiazole rings is 1. The van der Waals surface area contributed by atoms with Gasteiger partial charge in [-0.05, 0) is 48.9 Å². The Balaban J connectivity index is 1.81. The van der Waals surface area contributed by atoms with E-state index in [1.54, 1.807) is 24.3 Å². The molecule has 0 aliphatic rings. The zero-order chi connectivity index (χ0) is 14.8. The third-order valence-electron chi connectivity index (χ3n) is 2.97. The van der Waals surface area contributed by atoms with Crippen molar-refractivity contribution in [2.75, 3.05) is 5.32 Å². The van der Waals surface area contributed by atoms with Crippen molar-refractivity contribution in [1.82, 2.24) is 4.98 Å². The number of halogens is 1. The summed E-state index contributed by atoms with van der Waals surface area (Å²) in [6.45, 7) is 2.02. The molecule has 0 aliphatic carbocycles. The van der Waals surface area contributed by atoms with Gasteiger partial charge in [0.05, 0.1) is 22.4 Å². The summed E-state index contributed by atoms with van der Waals surface area (Å²) in [5.41, 5.74) is 2.50. The highest BCUT2D eigenvalue weighted by atomic mass is 32.2. The highest BCUT2D eigenvalue weighted by Gasteiger charge is 2.10. The van der Waals surface area contributed by atoms with Gasteiger partial charge in [0.2, 0.25) is 0 Å². The summed E-state index contributed by atoms with van der Waals surface area (Å²) >= 11 is 1.59. The molecule has 1 aromatic heterocycles. The fraction of sp³-hybridized carbons (Fsp3) is 0.0667. The third-order valence-corrected chi connectivity index (χ3v) is 4.35. The van der Waals surface area contributed by atoms with Crippen molar-refractivity contribution in [2.24, 2.45) is 0 Å². The number of amides is 1. The van der Waals surface area contributed by atoms with Gasteiger partial charge in [0.15, 0.2) is 5.13 Å². The zero-order valence-electron chi connectivity index (χ0n) is 11.1. The number of fused-ring (bicyclic) bond motifs is 1. The van der Waals surface area contributed by atoms with Crippen LogP contribution in [0.15, 0.2) is 47.4 Å². The standard InChI is InChI=1S/C15H11FN2OS2/c1-9-2-7-12-13(8-9)20-15(17-12)18-14(19)10-3-5-11(21-16)6-4-10/h2-8H,1H3,(H,17,18,19). The van der Waals surface area contributed by atoms with Gasteiger partial charge in [0.25, 0.3) is 5.91 Å². The van der Waals surface area contributed by atoms with Crippen LogP contribution in [0.5, 0.6) is 0 Å². The molecule has 0 aliphatic heterocycles. The number of nitrogens with one attached hydrogen (secondary N) is 1. The number of anilines is 1. The zero-order valence-corrected chi connectivity index (χ0v) is 12.7. The number of rotatable bonds is 3. The lowest BCUT2D eigenvalue weighted by Gasteiger charge is -2.01. The second kappa shape index (κ2) is 5.83. The van der Waals surface area contributed by atoms with Crippen molar-refractivity contribution in [3.8, 4) is 0 Å². The van der Waals surface area contributed by atoms with E-state index in [9.17, 15) is 8.68 Å². The van der Waals surface area contributed by atoms with E-state index in [4.69, 9.17) is 0 Å². The van der Waals surface area contributed by atoms with Crippen LogP contribution in [0.4, 0.5) is 9.02 Å². The Morgan fingerprint density at radius 2 is 2.00 bits per heavy atom. The molecule has 6 heteroatoms. The average Bonchev–Trinajstić information content (AvgIpc) is 2.88. The van der Waals surface area contributed by atoms with E-state index in [1.807, 2.05) is 25.1 Å². The Bertz CT molecular complexity index is 799. The minimum Gasteiger partial charge on any atom is -0.298 e. The molecule has 0 spiro atoms. The number of nitrogens with zero attached hydrogens (tertiary/aromatic N) is 1. The van der Waals surface area contributed by atoms with E-state index < -0.39 is 0 Å². The molecule has 1 N–H and O–H groups in total. The Hall–Kier alpha value is -1.92. The van der Waals surface area contributed by atoms with Crippen molar-refractivity contribution in [3.05, 3.63) is 53.6 Å². The molecule has 21 heavy (non-hydrogen) atoms. The van der Waals surface area contributed by atoms with Crippen molar-refractivity contribution >= 4 is 44.7 Å². The maximum atomic E-state index is 12.4. The molecule has 3 nitrogen and oxygen atoms in total. The number of aryl methyl sites for hydroxylation is 1. The molecule has 0 atom stereocenters. The molecule has 0 fully saturated rings. The van der Waals surface area contributed by atoms with Gasteiger partial charge < -0.3 is 0 Å². The lowest BCUT2D eigenvalue weighted by molar-refractivity contribution is 0.102. The number of hydrogen-bond donors (Lipinski definition) is 1. The van der Waals surface area contributed by atoms with Crippen LogP contribution in [0.25, 0.3) is 10.2 Å². The third kappa shape index (κ3) is 3.06. The summed E-state index contributed by atoms with van der Waals surface area (Å²) < 4.78 is 13.4. The minimum absolute atomic E-state index is 0.156. The summed E-state index contributed by atoms with van der Waals surface area (Å²) in [6.07, 6.45) is 0. The maximum absolute atomic E-state index is 12.4. The first-order valence-corrected chi connectivity index (χ1v) is 7.76. The molecular formula is C15H11FN2OS2. The first-order chi connectivity index (χ1) is 10.2. The van der Waals surface area contributed by atoms with Gasteiger partial charge in [-0.1, -0.05) is 17.4 Å². The molecule has 3 rings (SSSR count). The van der Waals surface area contributed by atoms with E-state index in [0.717, 1.165) is 15.8 Å². The summed E-state index contributed by atoms with van der Waals surface area (Å²) in [5, 5.41) is 3.33. The highest BCUT2D eigenvalue weighted by molar-refractivity contribution is 7.94. The van der Waals surface area contributed by atoms with Crippen molar-refractivity contribution < 1.29 is 8.68 Å². The highest BCUT2D eigenvalue weighted by Crippen LogP contribution is 2.27. The normalized spacial score (nSPS) is 10.8. The summed E-state index contributed by atoms with van der Waals surface area (Å²) in [6, 6.07) is 12.3. The van der Waals surface area contributed by atoms with Gasteiger partial charge in [-0.15, -0.1) is 0 Å². The van der Waals surface area contributed by atoms with E-state index >= 15 is 0 Å². The van der Waals surface area contributed by atoms with E-state index in [2.05, 4.69) is 10.3 Å². The SMILES string of the molecule is Cc1ccc2nc(NC(=O)c3ccc(SF)cc3)sc2c1. The molecule has 0 radical (unpaired) electrons. The van der Waals surface area contributed by atoms with Crippen molar-refractivity contribution in [1.29, 1.82) is 0 Å². The fourth-order valence-corrected chi connectivity index (χ4v) is 3.11. The van der Waals surface area contributed by atoms with Gasteiger partial charge in [-0.3, -0.25) is 10.1 Å². The number of carbonyl (C=O) groups is 1. The van der Waals surface area contributed by atoms with E-state index in [0.29, 0.717) is 15.6 Å². The van der Waals surface area contributed by atoms with Gasteiger partial charge in [0, 0.05) is 10.5 Å². The number of aromatic nitrogens is 1. The van der Waals surface area contributed by atoms with Crippen LogP contribution in [0.1, 0.15) is 15.9 Å². The topological polar surface area (TPSA) is 42.0 Å². The Labute approximate surface area is 129 Å². The van der Waals surface area contributed by atoms with Crippen LogP contribution in [0, 0.1) is 6.92 Å². The molecule has 0 saturated carbocycles. The smallest absolute Gasteiger partial charge is 0.257 e. The van der Waals surface area contributed by atoms with Crippen LogP contribution >= 0.6 is 23.5 Å². The fourth-order valence-electron chi connectivity index (χ4n) is 1.91. The predicted molar refractivity (Wildman–Crippen MR) is 85.7 cm³/mol. The first kappa shape index (κ1) is 14.0. The van der Waals surface area contributed by atoms with Crippen LogP contribution in [0.3, 0.4) is 0 Å². The summed E-state index contributed by atoms with van der Waals surface area (Å²) in [4.78, 5) is 17.0. The molecule has 3 aromatic rings. The van der Waals surface area contributed by atoms with Crippen LogP contribution in [-0.4, -0.2) is 10.9 Å². The van der Waals surface area contributed by atoms with Gasteiger partial charge in [-0.2, -0.15) is 3.89 Å². The van der Waals surface area contributed by atoms with Crippen molar-refractivity contribution in [2.45, 2.75) is 11.8 Å². The lowest BCUT2D eigenvalue weighted by Crippen LogP contribution is -2.11. The largest absolute Gasteiger partial charge is 0.298 e. The lowest BCUT2D eigenvalue weighted by atomic mass is 10.2. The first-order valence-electron chi connectivity index (χ1n) is 6.23. The summed E-state index contributed by atoms with van der Waals surface area (Å²) in [7, 11) is 0. The Morgan fingerprint density at radius 1 is 1.24 bits per heavy atom. The number of benzene rings is 2. The second-order valence-corrected chi connectivity index (χ2v) is 6.20. The molecule has 1 heterocycles. The number of carbonyl (C=O) groups excluding carboxylic acids is 1. The molecule has 1 amide bonds. The van der Waals surface area contributed by atoms with Crippen molar-refractivity contribution in [3.63, 3.8) is 0 Å². The quantitative estimate of drug-likeness (QED) is 0.752. The predicted octanol–water partition coefficient (Wildman–Crippen LogP) is 4.83. The monoisotopic (exact) mass is 318 g/mol. The average molecular weight is 318 g/mol. The molecule has 106 valence electrons. The Morgan fingerprint density at radius 3 is 2.71 bits per heavy atom. The molecular weight excluding hydrogens is 307 g/mol. The van der Waals surface area contributed by atoms with Gasteiger partial charge in [-0.25, -0.2) is 4.98 Å². The Kier molecular flexibility index (Phi) is 3.90. The second-order valence-electron chi connectivity index (χ2n) is 4.55. The molecule has 0 unspecified atom stereocenters. The van der Waals surface area contributed by atoms with E-state index in [-0.39, 0.29) is 18.1 Å². The van der Waals surface area contributed by atoms with Gasteiger partial charge >= 0.3 is 0 Å². The molecule has 0 bridgehead atoms. The van der Waals surface area contributed by atoms with Gasteiger partial charge in [0.1, 0.15) is 0 Å². The van der Waals surface area contributed by atoms with Crippen LogP contribution in [-0.2, 0) is 0 Å². The number of hydrogen-bond acceptors (Lipinski definition) is 4. The minimum atomic E-state index is -0.249. The maximum Gasteiger partial charge on any atom is 0.257 e. The van der Waals surface area contributed by atoms with E-state index in [1.165, 1.54) is 11.3 Å². The summed E-state index contributed by atoms with van der Waals surface area (Å²) in [5.74, 6) is -0.249. The molecule has 2 aromatic carbocycles.